The summed E-state index contributed by atoms with van der Waals surface area (Å²) in [4.78, 5) is 22.5. The summed E-state index contributed by atoms with van der Waals surface area (Å²) >= 11 is 0. The molecule has 7 heteroatoms. The molecule has 0 bridgehead atoms. The Morgan fingerprint density at radius 3 is 2.35 bits per heavy atom. The Morgan fingerprint density at radius 1 is 1.18 bits per heavy atom. The molecule has 1 rings (SSSR count). The minimum atomic E-state index is -0.417. The second kappa shape index (κ2) is 5.78. The van der Waals surface area contributed by atoms with E-state index in [1.54, 1.807) is 20.0 Å². The van der Waals surface area contributed by atoms with Crippen molar-refractivity contribution in [2.75, 3.05) is 19.4 Å². The van der Waals surface area contributed by atoms with Gasteiger partial charge in [0.1, 0.15) is 11.9 Å². The smallest absolute Gasteiger partial charge is 0.271 e. The number of likely N-dealkylation sites (N-methyl/N-ethyl adjacent to an activating group) is 1. The molecule has 1 aromatic rings. The van der Waals surface area contributed by atoms with Crippen LogP contribution in [0.15, 0.2) is 12.1 Å². The number of rotatable bonds is 4. The molecule has 0 aromatic carbocycles. The van der Waals surface area contributed by atoms with Crippen LogP contribution in [0, 0.1) is 0 Å². The monoisotopic (exact) mass is 237 g/mol. The van der Waals surface area contributed by atoms with Gasteiger partial charge >= 0.3 is 0 Å². The molecule has 0 fully saturated rings. The normalized spacial score (nSPS) is 11.5. The number of amides is 2. The zero-order valence-corrected chi connectivity index (χ0v) is 9.94. The maximum absolute atomic E-state index is 11.3. The number of carbonyl (C=O) groups is 2. The molecular formula is C10H15N5O2. The maximum atomic E-state index is 11.3. The van der Waals surface area contributed by atoms with Crippen LogP contribution in [0.2, 0.25) is 0 Å². The molecule has 92 valence electrons. The van der Waals surface area contributed by atoms with E-state index in [2.05, 4.69) is 26.1 Å². The standard InChI is InChI=1S/C10H15N5O2/c1-6(9(16)11-2)13-8-5-4-7(14-15-8)10(17)12-3/h4-6H,1-3H3,(H,11,16)(H,12,17)(H,13,15). The van der Waals surface area contributed by atoms with Gasteiger partial charge in [0.2, 0.25) is 5.91 Å². The van der Waals surface area contributed by atoms with Crippen LogP contribution in [0.3, 0.4) is 0 Å². The van der Waals surface area contributed by atoms with Crippen molar-refractivity contribution in [1.29, 1.82) is 0 Å². The largest absolute Gasteiger partial charge is 0.357 e. The molecule has 0 radical (unpaired) electrons. The second-order valence-corrected chi connectivity index (χ2v) is 3.36. The van der Waals surface area contributed by atoms with Crippen molar-refractivity contribution in [3.63, 3.8) is 0 Å². The highest BCUT2D eigenvalue weighted by atomic mass is 16.2. The third-order valence-corrected chi connectivity index (χ3v) is 2.13. The Hall–Kier alpha value is -2.18. The average Bonchev–Trinajstić information content (AvgIpc) is 2.37. The summed E-state index contributed by atoms with van der Waals surface area (Å²) in [6.07, 6.45) is 0. The van der Waals surface area contributed by atoms with Crippen molar-refractivity contribution in [2.45, 2.75) is 13.0 Å². The Morgan fingerprint density at radius 2 is 1.88 bits per heavy atom. The molecule has 1 unspecified atom stereocenters. The molecule has 0 spiro atoms. The fourth-order valence-electron chi connectivity index (χ4n) is 1.16. The molecule has 0 aliphatic rings. The lowest BCUT2D eigenvalue weighted by atomic mass is 10.3. The molecule has 1 aromatic heterocycles. The van der Waals surface area contributed by atoms with Crippen molar-refractivity contribution in [3.05, 3.63) is 17.8 Å². The molecule has 3 N–H and O–H groups in total. The number of anilines is 1. The Labute approximate surface area is 99.0 Å². The fraction of sp³-hybridized carbons (Fsp3) is 0.400. The van der Waals surface area contributed by atoms with Gasteiger partial charge in [-0.15, -0.1) is 10.2 Å². The van der Waals surface area contributed by atoms with Crippen molar-refractivity contribution < 1.29 is 9.59 Å². The molecule has 0 aliphatic carbocycles. The van der Waals surface area contributed by atoms with Gasteiger partial charge in [-0.25, -0.2) is 0 Å². The lowest BCUT2D eigenvalue weighted by molar-refractivity contribution is -0.121. The highest BCUT2D eigenvalue weighted by Gasteiger charge is 2.12. The summed E-state index contributed by atoms with van der Waals surface area (Å²) in [5.41, 5.74) is 0.227. The highest BCUT2D eigenvalue weighted by molar-refractivity contribution is 5.92. The molecule has 1 heterocycles. The summed E-state index contributed by atoms with van der Waals surface area (Å²) in [5, 5.41) is 15.3. The van der Waals surface area contributed by atoms with E-state index in [9.17, 15) is 9.59 Å². The van der Waals surface area contributed by atoms with Gasteiger partial charge in [0.05, 0.1) is 0 Å². The number of hydrogen-bond acceptors (Lipinski definition) is 5. The van der Waals surface area contributed by atoms with E-state index >= 15 is 0 Å². The third-order valence-electron chi connectivity index (χ3n) is 2.13. The van der Waals surface area contributed by atoms with Gasteiger partial charge in [-0.2, -0.15) is 0 Å². The van der Waals surface area contributed by atoms with Crippen LogP contribution in [-0.2, 0) is 4.79 Å². The Kier molecular flexibility index (Phi) is 4.38. The molecular weight excluding hydrogens is 222 g/mol. The van der Waals surface area contributed by atoms with Gasteiger partial charge in [-0.1, -0.05) is 0 Å². The Balaban J connectivity index is 2.68. The van der Waals surface area contributed by atoms with Crippen LogP contribution in [-0.4, -0.2) is 42.1 Å². The molecule has 0 aliphatic heterocycles. The summed E-state index contributed by atoms with van der Waals surface area (Å²) in [6, 6.07) is 2.71. The highest BCUT2D eigenvalue weighted by Crippen LogP contribution is 2.03. The molecule has 17 heavy (non-hydrogen) atoms. The first kappa shape index (κ1) is 12.9. The lowest BCUT2D eigenvalue weighted by Gasteiger charge is -2.12. The van der Waals surface area contributed by atoms with Crippen LogP contribution < -0.4 is 16.0 Å². The van der Waals surface area contributed by atoms with Crippen LogP contribution in [0.4, 0.5) is 5.82 Å². The van der Waals surface area contributed by atoms with E-state index in [-0.39, 0.29) is 17.5 Å². The van der Waals surface area contributed by atoms with E-state index in [0.717, 1.165) is 0 Å². The lowest BCUT2D eigenvalue weighted by Crippen LogP contribution is -2.35. The van der Waals surface area contributed by atoms with Gasteiger partial charge < -0.3 is 16.0 Å². The van der Waals surface area contributed by atoms with Crippen molar-refractivity contribution in [1.82, 2.24) is 20.8 Å². The minimum absolute atomic E-state index is 0.151. The van der Waals surface area contributed by atoms with Gasteiger partial charge in [0.25, 0.3) is 5.91 Å². The first-order valence-electron chi connectivity index (χ1n) is 5.12. The minimum Gasteiger partial charge on any atom is -0.357 e. The van der Waals surface area contributed by atoms with E-state index in [1.165, 1.54) is 13.1 Å². The SMILES string of the molecule is CNC(=O)c1ccc(NC(C)C(=O)NC)nn1. The van der Waals surface area contributed by atoms with Crippen LogP contribution >= 0.6 is 0 Å². The maximum Gasteiger partial charge on any atom is 0.271 e. The van der Waals surface area contributed by atoms with Gasteiger partial charge in [0.15, 0.2) is 5.69 Å². The first-order valence-corrected chi connectivity index (χ1v) is 5.12. The van der Waals surface area contributed by atoms with E-state index in [4.69, 9.17) is 0 Å². The van der Waals surface area contributed by atoms with Crippen LogP contribution in [0.5, 0.6) is 0 Å². The van der Waals surface area contributed by atoms with Gasteiger partial charge in [-0.05, 0) is 19.1 Å². The zero-order valence-electron chi connectivity index (χ0n) is 9.94. The summed E-state index contributed by atoms with van der Waals surface area (Å²) in [7, 11) is 3.07. The summed E-state index contributed by atoms with van der Waals surface area (Å²) in [6.45, 7) is 1.70. The van der Waals surface area contributed by atoms with Crippen LogP contribution in [0.25, 0.3) is 0 Å². The van der Waals surface area contributed by atoms with Crippen molar-refractivity contribution in [2.24, 2.45) is 0 Å². The summed E-state index contributed by atoms with van der Waals surface area (Å²) in [5.74, 6) is -0.0145. The van der Waals surface area contributed by atoms with E-state index < -0.39 is 6.04 Å². The zero-order chi connectivity index (χ0) is 12.8. The molecule has 1 atom stereocenters. The number of nitrogens with zero attached hydrogens (tertiary/aromatic N) is 2. The van der Waals surface area contributed by atoms with Crippen LogP contribution in [0.1, 0.15) is 17.4 Å². The predicted octanol–water partition coefficient (Wildman–Crippen LogP) is -0.617. The predicted molar refractivity (Wildman–Crippen MR) is 62.6 cm³/mol. The fourth-order valence-corrected chi connectivity index (χ4v) is 1.16. The number of nitrogens with one attached hydrogen (secondary N) is 3. The molecule has 2 amide bonds. The third kappa shape index (κ3) is 3.40. The second-order valence-electron chi connectivity index (χ2n) is 3.36. The van der Waals surface area contributed by atoms with E-state index in [1.807, 2.05) is 0 Å². The van der Waals surface area contributed by atoms with E-state index in [0.29, 0.717) is 5.82 Å². The topological polar surface area (TPSA) is 96.0 Å². The first-order chi connectivity index (χ1) is 8.08. The molecule has 0 saturated carbocycles. The van der Waals surface area contributed by atoms with Gasteiger partial charge in [-0.3, -0.25) is 9.59 Å². The number of carbonyl (C=O) groups excluding carboxylic acids is 2. The number of hydrogen-bond donors (Lipinski definition) is 3. The Bertz CT molecular complexity index is 404. The average molecular weight is 237 g/mol. The molecule has 0 saturated heterocycles. The van der Waals surface area contributed by atoms with Gasteiger partial charge in [0, 0.05) is 14.1 Å². The number of aromatic nitrogens is 2. The van der Waals surface area contributed by atoms with Crippen molar-refractivity contribution in [3.8, 4) is 0 Å². The quantitative estimate of drug-likeness (QED) is 0.648. The molecule has 7 nitrogen and oxygen atoms in total. The summed E-state index contributed by atoms with van der Waals surface area (Å²) < 4.78 is 0. The van der Waals surface area contributed by atoms with Crippen molar-refractivity contribution >= 4 is 17.6 Å².